The van der Waals surface area contributed by atoms with E-state index in [9.17, 15) is 9.59 Å². The van der Waals surface area contributed by atoms with Crippen LogP contribution in [0.5, 0.6) is 0 Å². The van der Waals surface area contributed by atoms with Crippen molar-refractivity contribution in [3.8, 4) is 0 Å². The molecular weight excluding hydrogens is 318 g/mol. The summed E-state index contributed by atoms with van der Waals surface area (Å²) < 4.78 is 5.29. The third kappa shape index (κ3) is 4.38. The van der Waals surface area contributed by atoms with E-state index in [1.165, 1.54) is 5.56 Å². The van der Waals surface area contributed by atoms with Crippen LogP contribution in [-0.4, -0.2) is 85.5 Å². The number of aryl methyl sites for hydroxylation is 2. The fraction of sp³-hybridized carbons (Fsp3) is 0.579. The number of piperazine rings is 1. The highest BCUT2D eigenvalue weighted by Gasteiger charge is 2.26. The Morgan fingerprint density at radius 1 is 0.960 bits per heavy atom. The number of ether oxygens (including phenoxy) is 1. The summed E-state index contributed by atoms with van der Waals surface area (Å²) in [7, 11) is 0. The van der Waals surface area contributed by atoms with Gasteiger partial charge in [-0.15, -0.1) is 0 Å². The van der Waals surface area contributed by atoms with Gasteiger partial charge in [0.1, 0.15) is 0 Å². The predicted octanol–water partition coefficient (Wildman–Crippen LogP) is 0.920. The second-order valence-corrected chi connectivity index (χ2v) is 6.88. The second-order valence-electron chi connectivity index (χ2n) is 6.88. The molecule has 2 amide bonds. The van der Waals surface area contributed by atoms with E-state index < -0.39 is 0 Å². The van der Waals surface area contributed by atoms with Crippen molar-refractivity contribution in [2.45, 2.75) is 13.8 Å². The highest BCUT2D eigenvalue weighted by atomic mass is 16.5. The van der Waals surface area contributed by atoms with Crippen LogP contribution >= 0.6 is 0 Å². The minimum Gasteiger partial charge on any atom is -0.378 e. The van der Waals surface area contributed by atoms with E-state index >= 15 is 0 Å². The van der Waals surface area contributed by atoms with Gasteiger partial charge in [0.25, 0.3) is 5.91 Å². The van der Waals surface area contributed by atoms with Gasteiger partial charge in [-0.3, -0.25) is 14.5 Å². The van der Waals surface area contributed by atoms with Gasteiger partial charge >= 0.3 is 0 Å². The Labute approximate surface area is 149 Å². The Kier molecular flexibility index (Phi) is 5.71. The molecule has 6 heteroatoms. The zero-order valence-corrected chi connectivity index (χ0v) is 15.2. The van der Waals surface area contributed by atoms with Crippen molar-refractivity contribution in [2.75, 3.05) is 59.0 Å². The highest BCUT2D eigenvalue weighted by molar-refractivity contribution is 5.95. The molecule has 0 bridgehead atoms. The summed E-state index contributed by atoms with van der Waals surface area (Å²) in [6.07, 6.45) is 0. The zero-order valence-electron chi connectivity index (χ0n) is 15.2. The molecule has 2 heterocycles. The molecule has 6 nitrogen and oxygen atoms in total. The summed E-state index contributed by atoms with van der Waals surface area (Å²) in [6.45, 7) is 9.90. The summed E-state index contributed by atoms with van der Waals surface area (Å²) in [4.78, 5) is 31.0. The largest absolute Gasteiger partial charge is 0.378 e. The number of nitrogens with zero attached hydrogens (tertiary/aromatic N) is 3. The van der Waals surface area contributed by atoms with Crippen LogP contribution in [0.1, 0.15) is 21.5 Å². The Morgan fingerprint density at radius 3 is 2.28 bits per heavy atom. The molecule has 0 radical (unpaired) electrons. The molecule has 2 aliphatic heterocycles. The monoisotopic (exact) mass is 345 g/mol. The van der Waals surface area contributed by atoms with Crippen molar-refractivity contribution in [1.29, 1.82) is 0 Å². The summed E-state index contributed by atoms with van der Waals surface area (Å²) in [5.41, 5.74) is 2.97. The standard InChI is InChI=1S/C19H27N3O3/c1-15-3-4-17(16(2)13-15)19(24)22-7-5-20(6-8-22)14-18(23)21-9-11-25-12-10-21/h3-4,13H,5-12,14H2,1-2H3. The summed E-state index contributed by atoms with van der Waals surface area (Å²) in [5, 5.41) is 0. The van der Waals surface area contributed by atoms with Crippen LogP contribution in [0.25, 0.3) is 0 Å². The average Bonchev–Trinajstić information content (AvgIpc) is 2.62. The molecule has 1 aromatic carbocycles. The first-order chi connectivity index (χ1) is 12.0. The smallest absolute Gasteiger partial charge is 0.254 e. The molecule has 0 saturated carbocycles. The van der Waals surface area contributed by atoms with Crippen LogP contribution in [-0.2, 0) is 9.53 Å². The number of carbonyl (C=O) groups is 2. The fourth-order valence-electron chi connectivity index (χ4n) is 3.44. The van der Waals surface area contributed by atoms with Crippen molar-refractivity contribution in [3.05, 3.63) is 34.9 Å². The number of carbonyl (C=O) groups excluding carboxylic acids is 2. The van der Waals surface area contributed by atoms with Crippen molar-refractivity contribution >= 4 is 11.8 Å². The molecule has 2 aliphatic rings. The number of morpholine rings is 1. The molecule has 0 spiro atoms. The van der Waals surface area contributed by atoms with Crippen LogP contribution in [0.4, 0.5) is 0 Å². The molecule has 25 heavy (non-hydrogen) atoms. The molecule has 136 valence electrons. The van der Waals surface area contributed by atoms with Crippen molar-refractivity contribution in [3.63, 3.8) is 0 Å². The predicted molar refractivity (Wildman–Crippen MR) is 95.7 cm³/mol. The Bertz CT molecular complexity index is 633. The fourth-order valence-corrected chi connectivity index (χ4v) is 3.44. The van der Waals surface area contributed by atoms with Gasteiger partial charge in [-0.1, -0.05) is 17.7 Å². The third-order valence-corrected chi connectivity index (χ3v) is 4.99. The second kappa shape index (κ2) is 7.97. The van der Waals surface area contributed by atoms with Gasteiger partial charge in [0.05, 0.1) is 19.8 Å². The van der Waals surface area contributed by atoms with Crippen LogP contribution in [0.3, 0.4) is 0 Å². The van der Waals surface area contributed by atoms with Crippen molar-refractivity contribution in [1.82, 2.24) is 14.7 Å². The number of amides is 2. The van der Waals surface area contributed by atoms with Crippen LogP contribution in [0, 0.1) is 13.8 Å². The number of benzene rings is 1. The van der Waals surface area contributed by atoms with E-state index in [0.717, 1.165) is 24.2 Å². The van der Waals surface area contributed by atoms with Gasteiger partial charge in [0.2, 0.25) is 5.91 Å². The topological polar surface area (TPSA) is 53.1 Å². The molecule has 0 unspecified atom stereocenters. The van der Waals surface area contributed by atoms with Gasteiger partial charge in [-0.25, -0.2) is 0 Å². The molecule has 0 aromatic heterocycles. The highest BCUT2D eigenvalue weighted by Crippen LogP contribution is 2.15. The minimum absolute atomic E-state index is 0.0941. The van der Waals surface area contributed by atoms with Crippen molar-refractivity contribution in [2.24, 2.45) is 0 Å². The first-order valence-electron chi connectivity index (χ1n) is 8.99. The molecular formula is C19H27N3O3. The van der Waals surface area contributed by atoms with E-state index in [4.69, 9.17) is 4.74 Å². The number of rotatable bonds is 3. The van der Waals surface area contributed by atoms with Crippen LogP contribution in [0.2, 0.25) is 0 Å². The van der Waals surface area contributed by atoms with E-state index in [1.807, 2.05) is 41.8 Å². The molecule has 2 fully saturated rings. The molecule has 0 atom stereocenters. The summed E-state index contributed by atoms with van der Waals surface area (Å²) in [5.74, 6) is 0.258. The van der Waals surface area contributed by atoms with E-state index in [2.05, 4.69) is 4.90 Å². The Balaban J connectivity index is 1.51. The quantitative estimate of drug-likeness (QED) is 0.818. The average molecular weight is 345 g/mol. The lowest BCUT2D eigenvalue weighted by molar-refractivity contribution is -0.136. The first-order valence-corrected chi connectivity index (χ1v) is 8.99. The lowest BCUT2D eigenvalue weighted by Crippen LogP contribution is -2.52. The Hall–Kier alpha value is -1.92. The molecule has 2 saturated heterocycles. The number of hydrogen-bond donors (Lipinski definition) is 0. The molecule has 0 N–H and O–H groups in total. The van der Waals surface area contributed by atoms with Crippen LogP contribution < -0.4 is 0 Å². The van der Waals surface area contributed by atoms with Crippen LogP contribution in [0.15, 0.2) is 18.2 Å². The summed E-state index contributed by atoms with van der Waals surface area (Å²) >= 11 is 0. The van der Waals surface area contributed by atoms with Gasteiger partial charge in [0.15, 0.2) is 0 Å². The SMILES string of the molecule is Cc1ccc(C(=O)N2CCN(CC(=O)N3CCOCC3)CC2)c(C)c1. The normalized spacial score (nSPS) is 19.1. The minimum atomic E-state index is 0.0941. The van der Waals surface area contributed by atoms with Gasteiger partial charge in [-0.2, -0.15) is 0 Å². The maximum absolute atomic E-state index is 12.7. The van der Waals surface area contributed by atoms with E-state index in [0.29, 0.717) is 45.9 Å². The van der Waals surface area contributed by atoms with Gasteiger partial charge in [-0.05, 0) is 25.5 Å². The maximum Gasteiger partial charge on any atom is 0.254 e. The third-order valence-electron chi connectivity index (χ3n) is 4.99. The Morgan fingerprint density at radius 2 is 1.64 bits per heavy atom. The lowest BCUT2D eigenvalue weighted by Gasteiger charge is -2.36. The first kappa shape index (κ1) is 17.9. The maximum atomic E-state index is 12.7. The van der Waals surface area contributed by atoms with E-state index in [1.54, 1.807) is 0 Å². The lowest BCUT2D eigenvalue weighted by atomic mass is 10.0. The van der Waals surface area contributed by atoms with Crippen molar-refractivity contribution < 1.29 is 14.3 Å². The number of hydrogen-bond acceptors (Lipinski definition) is 4. The summed E-state index contributed by atoms with van der Waals surface area (Å²) in [6, 6.07) is 5.95. The molecule has 0 aliphatic carbocycles. The molecule has 3 rings (SSSR count). The zero-order chi connectivity index (χ0) is 17.8. The van der Waals surface area contributed by atoms with E-state index in [-0.39, 0.29) is 11.8 Å². The molecule has 1 aromatic rings. The van der Waals surface area contributed by atoms with Gasteiger partial charge < -0.3 is 14.5 Å². The van der Waals surface area contributed by atoms with Gasteiger partial charge in [0, 0.05) is 44.8 Å².